The van der Waals surface area contributed by atoms with Crippen LogP contribution in [0.5, 0.6) is 0 Å². The predicted octanol–water partition coefficient (Wildman–Crippen LogP) is 4.53. The third-order valence-electron chi connectivity index (χ3n) is 4.26. The smallest absolute Gasteiger partial charge is 0.291 e. The summed E-state index contributed by atoms with van der Waals surface area (Å²) in [5.74, 6) is -0.420. The number of nitrogens with zero attached hydrogens (tertiary/aromatic N) is 3. The van der Waals surface area contributed by atoms with Gasteiger partial charge in [-0.1, -0.05) is 30.3 Å². The van der Waals surface area contributed by atoms with E-state index in [0.29, 0.717) is 18.0 Å². The minimum Gasteiger partial charge on any atom is -0.350 e. The maximum absolute atomic E-state index is 13.1. The number of halogens is 2. The number of benzene rings is 2. The Hall–Kier alpha value is -3.59. The van der Waals surface area contributed by atoms with E-state index in [1.807, 2.05) is 5.38 Å². The summed E-state index contributed by atoms with van der Waals surface area (Å²) in [6.07, 6.45) is 0. The molecule has 0 saturated heterocycles. The standard InChI is InChI=1S/C21H17F2N5OS/c22-16-7-3-14(4-8-16)12-24-20-26-21(25-13-15-5-9-17(23)10-6-15)28(27-20)19(29)18-2-1-11-30-18/h1-11H,12-13H2,(H2,24,25,26,27). The third-order valence-corrected chi connectivity index (χ3v) is 5.12. The van der Waals surface area contributed by atoms with Gasteiger partial charge in [0.15, 0.2) is 0 Å². The van der Waals surface area contributed by atoms with Crippen molar-refractivity contribution in [3.05, 3.63) is 93.7 Å². The van der Waals surface area contributed by atoms with Crippen molar-refractivity contribution in [3.8, 4) is 0 Å². The summed E-state index contributed by atoms with van der Waals surface area (Å²) in [6, 6.07) is 15.6. The van der Waals surface area contributed by atoms with E-state index in [1.165, 1.54) is 40.3 Å². The molecule has 0 atom stereocenters. The van der Waals surface area contributed by atoms with Gasteiger partial charge in [0.1, 0.15) is 11.6 Å². The van der Waals surface area contributed by atoms with E-state index in [0.717, 1.165) is 11.1 Å². The highest BCUT2D eigenvalue weighted by Gasteiger charge is 2.18. The van der Waals surface area contributed by atoms with Crippen LogP contribution in [0.1, 0.15) is 20.8 Å². The normalized spacial score (nSPS) is 10.7. The fourth-order valence-corrected chi connectivity index (χ4v) is 3.36. The van der Waals surface area contributed by atoms with Crippen molar-refractivity contribution >= 4 is 29.1 Å². The van der Waals surface area contributed by atoms with Crippen molar-refractivity contribution < 1.29 is 13.6 Å². The van der Waals surface area contributed by atoms with E-state index in [1.54, 1.807) is 36.4 Å². The van der Waals surface area contributed by atoms with Crippen LogP contribution in [0, 0.1) is 11.6 Å². The van der Waals surface area contributed by atoms with Crippen LogP contribution >= 0.6 is 11.3 Å². The highest BCUT2D eigenvalue weighted by atomic mass is 32.1. The second-order valence-electron chi connectivity index (χ2n) is 6.41. The molecule has 0 unspecified atom stereocenters. The van der Waals surface area contributed by atoms with E-state index in [4.69, 9.17) is 0 Å². The predicted molar refractivity (Wildman–Crippen MR) is 112 cm³/mol. The largest absolute Gasteiger partial charge is 0.350 e. The van der Waals surface area contributed by atoms with Gasteiger partial charge in [0.25, 0.3) is 5.91 Å². The molecule has 0 aliphatic rings. The molecular weight excluding hydrogens is 408 g/mol. The summed E-state index contributed by atoms with van der Waals surface area (Å²) >= 11 is 1.31. The molecule has 0 fully saturated rings. The zero-order chi connectivity index (χ0) is 20.9. The van der Waals surface area contributed by atoms with Crippen molar-refractivity contribution in [2.45, 2.75) is 13.1 Å². The average Bonchev–Trinajstić information content (AvgIpc) is 3.43. The Morgan fingerprint density at radius 2 is 1.50 bits per heavy atom. The van der Waals surface area contributed by atoms with Gasteiger partial charge in [-0.2, -0.15) is 9.67 Å². The molecule has 2 N–H and O–H groups in total. The molecule has 9 heteroatoms. The number of anilines is 2. The van der Waals surface area contributed by atoms with Crippen molar-refractivity contribution in [2.75, 3.05) is 10.6 Å². The number of carbonyl (C=O) groups is 1. The first-order valence-electron chi connectivity index (χ1n) is 9.10. The number of aromatic nitrogens is 3. The zero-order valence-corrected chi connectivity index (χ0v) is 16.5. The van der Waals surface area contributed by atoms with Crippen LogP contribution in [0.2, 0.25) is 0 Å². The Balaban J connectivity index is 1.53. The Bertz CT molecular complexity index is 1130. The average molecular weight is 425 g/mol. The lowest BCUT2D eigenvalue weighted by molar-refractivity contribution is 0.0951. The number of hydrogen-bond donors (Lipinski definition) is 2. The number of carbonyl (C=O) groups excluding carboxylic acids is 1. The minimum atomic E-state index is -0.318. The van der Waals surface area contributed by atoms with E-state index in [-0.39, 0.29) is 29.4 Å². The second-order valence-corrected chi connectivity index (χ2v) is 7.36. The SMILES string of the molecule is O=C(c1cccs1)n1nc(NCc2ccc(F)cc2)nc1NCc1ccc(F)cc1. The molecule has 0 amide bonds. The Morgan fingerprint density at radius 1 is 0.900 bits per heavy atom. The molecule has 4 aromatic rings. The lowest BCUT2D eigenvalue weighted by atomic mass is 10.2. The molecule has 2 heterocycles. The van der Waals surface area contributed by atoms with Gasteiger partial charge in [0, 0.05) is 13.1 Å². The van der Waals surface area contributed by atoms with Crippen LogP contribution < -0.4 is 10.6 Å². The summed E-state index contributed by atoms with van der Waals surface area (Å²) in [6.45, 7) is 0.711. The zero-order valence-electron chi connectivity index (χ0n) is 15.7. The third kappa shape index (κ3) is 4.69. The van der Waals surface area contributed by atoms with Gasteiger partial charge in [-0.3, -0.25) is 4.79 Å². The maximum atomic E-state index is 13.1. The summed E-state index contributed by atoms with van der Waals surface area (Å²) in [4.78, 5) is 17.7. The topological polar surface area (TPSA) is 71.8 Å². The summed E-state index contributed by atoms with van der Waals surface area (Å²) in [5, 5.41) is 12.2. The van der Waals surface area contributed by atoms with Crippen molar-refractivity contribution in [1.82, 2.24) is 14.8 Å². The molecule has 0 aliphatic heterocycles. The van der Waals surface area contributed by atoms with Crippen LogP contribution in [0.3, 0.4) is 0 Å². The van der Waals surface area contributed by atoms with Crippen LogP contribution in [-0.2, 0) is 13.1 Å². The number of hydrogen-bond acceptors (Lipinski definition) is 6. The van der Waals surface area contributed by atoms with Crippen LogP contribution in [-0.4, -0.2) is 20.7 Å². The first-order valence-corrected chi connectivity index (χ1v) is 9.98. The van der Waals surface area contributed by atoms with Crippen LogP contribution in [0.15, 0.2) is 66.0 Å². The van der Waals surface area contributed by atoms with Gasteiger partial charge in [0.2, 0.25) is 11.9 Å². The van der Waals surface area contributed by atoms with Crippen molar-refractivity contribution in [2.24, 2.45) is 0 Å². The quantitative estimate of drug-likeness (QED) is 0.455. The molecule has 0 saturated carbocycles. The van der Waals surface area contributed by atoms with Crippen molar-refractivity contribution in [3.63, 3.8) is 0 Å². The summed E-state index contributed by atoms with van der Waals surface area (Å²) < 4.78 is 27.4. The fourth-order valence-electron chi connectivity index (χ4n) is 2.71. The van der Waals surface area contributed by atoms with Gasteiger partial charge < -0.3 is 10.6 Å². The number of nitrogens with one attached hydrogen (secondary N) is 2. The molecule has 0 spiro atoms. The van der Waals surface area contributed by atoms with Gasteiger partial charge in [-0.25, -0.2) is 8.78 Å². The summed E-state index contributed by atoms with van der Waals surface area (Å²) in [5.41, 5.74) is 1.67. The van der Waals surface area contributed by atoms with Gasteiger partial charge in [-0.05, 0) is 46.8 Å². The Labute approximate surface area is 175 Å². The van der Waals surface area contributed by atoms with E-state index >= 15 is 0 Å². The fraction of sp³-hybridized carbons (Fsp3) is 0.0952. The minimum absolute atomic E-state index is 0.255. The maximum Gasteiger partial charge on any atom is 0.291 e. The molecule has 2 aromatic heterocycles. The molecule has 6 nitrogen and oxygen atoms in total. The lowest BCUT2D eigenvalue weighted by Gasteiger charge is -2.06. The lowest BCUT2D eigenvalue weighted by Crippen LogP contribution is -2.16. The molecule has 2 aromatic carbocycles. The first kappa shape index (κ1) is 19.7. The molecule has 0 aliphatic carbocycles. The van der Waals surface area contributed by atoms with Gasteiger partial charge in [0.05, 0.1) is 4.88 Å². The molecule has 4 rings (SSSR count). The molecule has 0 radical (unpaired) electrons. The highest BCUT2D eigenvalue weighted by Crippen LogP contribution is 2.17. The van der Waals surface area contributed by atoms with Crippen molar-refractivity contribution in [1.29, 1.82) is 0 Å². The van der Waals surface area contributed by atoms with Gasteiger partial charge in [-0.15, -0.1) is 16.4 Å². The molecule has 30 heavy (non-hydrogen) atoms. The second kappa shape index (κ2) is 8.83. The highest BCUT2D eigenvalue weighted by molar-refractivity contribution is 7.12. The summed E-state index contributed by atoms with van der Waals surface area (Å²) in [7, 11) is 0. The number of thiophene rings is 1. The van der Waals surface area contributed by atoms with E-state index in [2.05, 4.69) is 20.7 Å². The van der Waals surface area contributed by atoms with Gasteiger partial charge >= 0.3 is 0 Å². The molecule has 152 valence electrons. The number of rotatable bonds is 7. The van der Waals surface area contributed by atoms with Crippen LogP contribution in [0.25, 0.3) is 0 Å². The first-order chi connectivity index (χ1) is 14.6. The monoisotopic (exact) mass is 425 g/mol. The van der Waals surface area contributed by atoms with E-state index in [9.17, 15) is 13.6 Å². The van der Waals surface area contributed by atoms with E-state index < -0.39 is 0 Å². The Kier molecular flexibility index (Phi) is 5.80. The van der Waals surface area contributed by atoms with Crippen LogP contribution in [0.4, 0.5) is 20.7 Å². The Morgan fingerprint density at radius 3 is 2.07 bits per heavy atom. The molecular formula is C21H17F2N5OS. The molecule has 0 bridgehead atoms.